The molecule has 1 aliphatic heterocycles. The smallest absolute Gasteiger partial charge is 0.303 e. The van der Waals surface area contributed by atoms with Crippen LogP contribution in [0.3, 0.4) is 0 Å². The summed E-state index contributed by atoms with van der Waals surface area (Å²) in [6, 6.07) is 0. The molecule has 1 fully saturated rings. The Hall–Kier alpha value is -1.74. The van der Waals surface area contributed by atoms with Crippen LogP contribution in [0.5, 0.6) is 0 Å². The molecule has 8 nitrogen and oxygen atoms in total. The van der Waals surface area contributed by atoms with Crippen molar-refractivity contribution in [2.75, 3.05) is 6.61 Å². The summed E-state index contributed by atoms with van der Waals surface area (Å²) in [6.07, 6.45) is -8.07. The predicted molar refractivity (Wildman–Crippen MR) is 63.5 cm³/mol. The van der Waals surface area contributed by atoms with Crippen molar-refractivity contribution in [2.24, 2.45) is 0 Å². The van der Waals surface area contributed by atoms with E-state index >= 15 is 0 Å². The molecule has 1 saturated heterocycles. The van der Waals surface area contributed by atoms with Gasteiger partial charge < -0.3 is 24.1 Å². The second-order valence-corrected chi connectivity index (χ2v) is 4.46. The number of aliphatic hydroxyl groups excluding tert-OH is 1. The van der Waals surface area contributed by atoms with Crippen LogP contribution < -0.4 is 0 Å². The van der Waals surface area contributed by atoms with Gasteiger partial charge in [0.25, 0.3) is 0 Å². The van der Waals surface area contributed by atoms with Gasteiger partial charge in [-0.3, -0.25) is 14.4 Å². The summed E-state index contributed by atoms with van der Waals surface area (Å²) >= 11 is 0. The quantitative estimate of drug-likeness (QED) is 0.545. The topological polar surface area (TPSA) is 108 Å². The molecule has 5 atom stereocenters. The second kappa shape index (κ2) is 7.32. The lowest BCUT2D eigenvalue weighted by Crippen LogP contribution is -2.59. The van der Waals surface area contributed by atoms with Crippen LogP contribution in [0.1, 0.15) is 20.8 Å². The summed E-state index contributed by atoms with van der Waals surface area (Å²) in [5, 5.41) is 9.48. The Kier molecular flexibility index (Phi) is 6.03. The minimum absolute atomic E-state index is 0.394. The van der Waals surface area contributed by atoms with Crippen molar-refractivity contribution in [2.45, 2.75) is 51.5 Å². The van der Waals surface area contributed by atoms with E-state index in [9.17, 15) is 23.9 Å². The highest BCUT2D eigenvalue weighted by atomic mass is 19.1. The van der Waals surface area contributed by atoms with Gasteiger partial charge in [0.15, 0.2) is 24.7 Å². The molecule has 120 valence electrons. The predicted octanol–water partition coefficient (Wildman–Crippen LogP) is -0.532. The number of ether oxygens (including phenoxy) is 4. The zero-order valence-electron chi connectivity index (χ0n) is 11.8. The van der Waals surface area contributed by atoms with Crippen molar-refractivity contribution in [3.8, 4) is 0 Å². The van der Waals surface area contributed by atoms with E-state index in [1.807, 2.05) is 0 Å². The van der Waals surface area contributed by atoms with Crippen LogP contribution in [0.4, 0.5) is 4.39 Å². The number of halogens is 1. The molecule has 0 radical (unpaired) electrons. The summed E-state index contributed by atoms with van der Waals surface area (Å²) in [4.78, 5) is 32.9. The zero-order valence-corrected chi connectivity index (χ0v) is 11.8. The molecule has 0 amide bonds. The highest BCUT2D eigenvalue weighted by Gasteiger charge is 2.50. The molecule has 0 bridgehead atoms. The van der Waals surface area contributed by atoms with E-state index in [2.05, 4.69) is 0 Å². The summed E-state index contributed by atoms with van der Waals surface area (Å²) in [5.41, 5.74) is 0. The number of hydrogen-bond acceptors (Lipinski definition) is 8. The first-order valence-electron chi connectivity index (χ1n) is 6.17. The molecular weight excluding hydrogens is 291 g/mol. The van der Waals surface area contributed by atoms with Crippen molar-refractivity contribution < 1.29 is 42.8 Å². The number of aliphatic hydroxyl groups is 1. The van der Waals surface area contributed by atoms with Crippen LogP contribution in [-0.2, 0) is 33.3 Å². The largest absolute Gasteiger partial charge is 0.463 e. The van der Waals surface area contributed by atoms with Gasteiger partial charge >= 0.3 is 17.9 Å². The van der Waals surface area contributed by atoms with Crippen molar-refractivity contribution in [1.82, 2.24) is 0 Å². The van der Waals surface area contributed by atoms with Crippen LogP contribution in [0.15, 0.2) is 0 Å². The van der Waals surface area contributed by atoms with E-state index in [0.717, 1.165) is 20.8 Å². The number of carbonyl (C=O) groups excluding carboxylic acids is 3. The first kappa shape index (κ1) is 17.3. The lowest BCUT2D eigenvalue weighted by Gasteiger charge is -2.40. The van der Waals surface area contributed by atoms with E-state index in [1.54, 1.807) is 0 Å². The second-order valence-electron chi connectivity index (χ2n) is 4.46. The van der Waals surface area contributed by atoms with Gasteiger partial charge in [-0.05, 0) is 0 Å². The molecule has 9 heteroatoms. The number of hydrogen-bond donors (Lipinski definition) is 1. The van der Waals surface area contributed by atoms with Gasteiger partial charge in [-0.15, -0.1) is 0 Å². The Bertz CT molecular complexity index is 412. The maximum atomic E-state index is 13.9. The molecule has 1 rings (SSSR count). The molecule has 1 heterocycles. The maximum absolute atomic E-state index is 13.9. The minimum atomic E-state index is -2.10. The molecule has 0 unspecified atom stereocenters. The monoisotopic (exact) mass is 308 g/mol. The van der Waals surface area contributed by atoms with Gasteiger partial charge in [0, 0.05) is 20.8 Å². The van der Waals surface area contributed by atoms with Crippen molar-refractivity contribution in [3.05, 3.63) is 0 Å². The first-order valence-corrected chi connectivity index (χ1v) is 6.17. The first-order chi connectivity index (χ1) is 9.72. The summed E-state index contributed by atoms with van der Waals surface area (Å²) in [5.74, 6) is -2.22. The molecule has 0 spiro atoms. The SMILES string of the molecule is CC(=O)OC[C@H]1O[C@@H](O)[C@@H](F)[C@@H](OC(C)=O)[C@@H]1OC(C)=O. The Labute approximate surface area is 120 Å². The zero-order chi connectivity index (χ0) is 16.2. The Morgan fingerprint density at radius 3 is 2.05 bits per heavy atom. The molecule has 1 aliphatic rings. The average Bonchev–Trinajstić information content (AvgIpc) is 2.35. The van der Waals surface area contributed by atoms with Crippen LogP contribution in [0.2, 0.25) is 0 Å². The number of carbonyl (C=O) groups is 3. The molecular formula is C12H17FO8. The van der Waals surface area contributed by atoms with E-state index < -0.39 is 55.3 Å². The lowest BCUT2D eigenvalue weighted by molar-refractivity contribution is -0.279. The summed E-state index contributed by atoms with van der Waals surface area (Å²) in [7, 11) is 0. The van der Waals surface area contributed by atoms with E-state index in [-0.39, 0.29) is 0 Å². The molecule has 21 heavy (non-hydrogen) atoms. The van der Waals surface area contributed by atoms with Crippen LogP contribution >= 0.6 is 0 Å². The minimum Gasteiger partial charge on any atom is -0.463 e. The Morgan fingerprint density at radius 1 is 1.05 bits per heavy atom. The third-order valence-electron chi connectivity index (χ3n) is 2.65. The molecule has 1 N–H and O–H groups in total. The van der Waals surface area contributed by atoms with Crippen molar-refractivity contribution in [3.63, 3.8) is 0 Å². The summed E-state index contributed by atoms with van der Waals surface area (Å²) < 4.78 is 33.2. The van der Waals surface area contributed by atoms with Gasteiger partial charge in [-0.2, -0.15) is 0 Å². The molecule has 0 aromatic rings. The summed E-state index contributed by atoms with van der Waals surface area (Å²) in [6.45, 7) is 2.86. The van der Waals surface area contributed by atoms with Crippen LogP contribution in [0, 0.1) is 0 Å². The van der Waals surface area contributed by atoms with Crippen LogP contribution in [-0.4, -0.2) is 60.4 Å². The average molecular weight is 308 g/mol. The standard InChI is InChI=1S/C12H17FO8/c1-5(14)18-4-8-10(19-6(2)15)11(20-7(3)16)9(13)12(17)21-8/h8-12,17H,4H2,1-3H3/t8-,9+,10-,11-,12-/m1/s1. The van der Waals surface area contributed by atoms with Crippen molar-refractivity contribution in [1.29, 1.82) is 0 Å². The normalized spacial score (nSPS) is 32.1. The fourth-order valence-corrected chi connectivity index (χ4v) is 1.88. The highest BCUT2D eigenvalue weighted by Crippen LogP contribution is 2.27. The van der Waals surface area contributed by atoms with Crippen LogP contribution in [0.25, 0.3) is 0 Å². The van der Waals surface area contributed by atoms with E-state index in [0.29, 0.717) is 0 Å². The number of alkyl halides is 1. The molecule has 0 aromatic carbocycles. The van der Waals surface area contributed by atoms with Gasteiger partial charge in [0.05, 0.1) is 0 Å². The fraction of sp³-hybridized carbons (Fsp3) is 0.750. The Balaban J connectivity index is 2.94. The molecule has 0 aromatic heterocycles. The van der Waals surface area contributed by atoms with Gasteiger partial charge in [0.2, 0.25) is 0 Å². The number of rotatable bonds is 4. The maximum Gasteiger partial charge on any atom is 0.303 e. The van der Waals surface area contributed by atoms with Gasteiger partial charge in [0.1, 0.15) is 12.7 Å². The fourth-order valence-electron chi connectivity index (χ4n) is 1.88. The van der Waals surface area contributed by atoms with E-state index in [4.69, 9.17) is 18.9 Å². The highest BCUT2D eigenvalue weighted by molar-refractivity contribution is 5.67. The molecule has 0 saturated carbocycles. The number of esters is 3. The van der Waals surface area contributed by atoms with E-state index in [1.165, 1.54) is 0 Å². The van der Waals surface area contributed by atoms with Gasteiger partial charge in [-0.25, -0.2) is 4.39 Å². The third-order valence-corrected chi connectivity index (χ3v) is 2.65. The lowest BCUT2D eigenvalue weighted by atomic mass is 9.99. The third kappa shape index (κ3) is 4.94. The van der Waals surface area contributed by atoms with Gasteiger partial charge in [-0.1, -0.05) is 0 Å². The van der Waals surface area contributed by atoms with Crippen molar-refractivity contribution >= 4 is 17.9 Å². The molecule has 0 aliphatic carbocycles. The Morgan fingerprint density at radius 2 is 1.57 bits per heavy atom.